The fourth-order valence-electron chi connectivity index (χ4n) is 3.56. The number of nitrogens with one attached hydrogen (secondary N) is 1. The molecule has 0 aliphatic rings. The molecule has 1 heterocycles. The largest absolute Gasteiger partial charge is 0.497 e. The lowest BCUT2D eigenvalue weighted by Crippen LogP contribution is -2.28. The van der Waals surface area contributed by atoms with Gasteiger partial charge in [-0.05, 0) is 55.0 Å². The number of rotatable bonds is 7. The van der Waals surface area contributed by atoms with Crippen molar-refractivity contribution in [2.45, 2.75) is 13.0 Å². The van der Waals surface area contributed by atoms with Gasteiger partial charge in [0.1, 0.15) is 23.0 Å². The molecule has 7 heteroatoms. The average Bonchev–Trinajstić information content (AvgIpc) is 3.30. The minimum atomic E-state index is -0.369. The van der Waals surface area contributed by atoms with Crippen LogP contribution < -0.4 is 14.8 Å². The summed E-state index contributed by atoms with van der Waals surface area (Å²) in [6.07, 6.45) is 0. The second kappa shape index (κ2) is 9.56. The Morgan fingerprint density at radius 2 is 1.70 bits per heavy atom. The molecule has 0 fully saturated rings. The summed E-state index contributed by atoms with van der Waals surface area (Å²) in [5.74, 6) is 0.527. The Hall–Kier alpha value is -4.13. The van der Waals surface area contributed by atoms with Crippen molar-refractivity contribution in [2.24, 2.45) is 0 Å². The van der Waals surface area contributed by atoms with Gasteiger partial charge < -0.3 is 14.8 Å². The molecule has 1 amide bonds. The highest BCUT2D eigenvalue weighted by Gasteiger charge is 2.21. The van der Waals surface area contributed by atoms with E-state index in [1.807, 2.05) is 43.3 Å². The van der Waals surface area contributed by atoms with Crippen molar-refractivity contribution in [3.8, 4) is 28.4 Å². The summed E-state index contributed by atoms with van der Waals surface area (Å²) in [7, 11) is 3.14. The van der Waals surface area contributed by atoms with Crippen molar-refractivity contribution in [2.75, 3.05) is 14.2 Å². The molecule has 1 aromatic heterocycles. The van der Waals surface area contributed by atoms with Crippen LogP contribution >= 0.6 is 0 Å². The molecule has 168 valence electrons. The van der Waals surface area contributed by atoms with Gasteiger partial charge in [0.2, 0.25) is 0 Å². The van der Waals surface area contributed by atoms with Gasteiger partial charge in [-0.15, -0.1) is 0 Å². The van der Waals surface area contributed by atoms with E-state index in [-0.39, 0.29) is 17.8 Å². The van der Waals surface area contributed by atoms with Gasteiger partial charge in [0.15, 0.2) is 0 Å². The van der Waals surface area contributed by atoms with E-state index in [2.05, 4.69) is 10.4 Å². The molecular weight excluding hydrogens is 421 g/mol. The van der Waals surface area contributed by atoms with Crippen LogP contribution in [0.4, 0.5) is 4.39 Å². The number of amides is 1. The van der Waals surface area contributed by atoms with Crippen LogP contribution in [0.5, 0.6) is 11.5 Å². The van der Waals surface area contributed by atoms with Gasteiger partial charge in [-0.1, -0.05) is 30.3 Å². The Labute approximate surface area is 191 Å². The molecular formula is C26H24FN3O3. The highest BCUT2D eigenvalue weighted by atomic mass is 19.1. The number of nitrogens with zero attached hydrogens (tertiary/aromatic N) is 2. The molecule has 1 atom stereocenters. The van der Waals surface area contributed by atoms with Crippen LogP contribution in [0.1, 0.15) is 29.0 Å². The quantitative estimate of drug-likeness (QED) is 0.425. The third kappa shape index (κ3) is 4.72. The van der Waals surface area contributed by atoms with E-state index < -0.39 is 0 Å². The lowest BCUT2D eigenvalue weighted by Gasteiger charge is -2.15. The van der Waals surface area contributed by atoms with Crippen LogP contribution in [0.3, 0.4) is 0 Å². The van der Waals surface area contributed by atoms with E-state index in [1.165, 1.54) is 16.8 Å². The maximum absolute atomic E-state index is 13.5. The molecule has 0 spiro atoms. The Balaban J connectivity index is 1.76. The van der Waals surface area contributed by atoms with Gasteiger partial charge in [-0.2, -0.15) is 5.10 Å². The minimum absolute atomic E-state index is 0.214. The first-order valence-corrected chi connectivity index (χ1v) is 10.4. The van der Waals surface area contributed by atoms with Crippen molar-refractivity contribution in [1.82, 2.24) is 15.1 Å². The topological polar surface area (TPSA) is 65.4 Å². The lowest BCUT2D eigenvalue weighted by atomic mass is 10.1. The first kappa shape index (κ1) is 22.1. The molecule has 6 nitrogen and oxygen atoms in total. The van der Waals surface area contributed by atoms with Crippen LogP contribution in [-0.2, 0) is 0 Å². The first-order valence-electron chi connectivity index (χ1n) is 10.4. The number of benzene rings is 3. The Kier molecular flexibility index (Phi) is 6.40. The molecule has 0 aliphatic heterocycles. The van der Waals surface area contributed by atoms with Gasteiger partial charge in [-0.25, -0.2) is 9.07 Å². The number of hydrogen-bond donors (Lipinski definition) is 1. The number of ether oxygens (including phenoxy) is 2. The van der Waals surface area contributed by atoms with E-state index in [9.17, 15) is 9.18 Å². The number of halogens is 1. The van der Waals surface area contributed by atoms with Crippen LogP contribution in [0.2, 0.25) is 0 Å². The average molecular weight is 445 g/mol. The highest BCUT2D eigenvalue weighted by molar-refractivity contribution is 5.95. The van der Waals surface area contributed by atoms with Crippen molar-refractivity contribution >= 4 is 5.91 Å². The van der Waals surface area contributed by atoms with Crippen molar-refractivity contribution < 1.29 is 18.7 Å². The minimum Gasteiger partial charge on any atom is -0.497 e. The van der Waals surface area contributed by atoms with E-state index in [1.54, 1.807) is 44.6 Å². The molecule has 0 aliphatic carbocycles. The van der Waals surface area contributed by atoms with Gasteiger partial charge in [0.25, 0.3) is 5.91 Å². The van der Waals surface area contributed by atoms with Crippen LogP contribution in [0.25, 0.3) is 16.9 Å². The summed E-state index contributed by atoms with van der Waals surface area (Å²) in [6.45, 7) is 1.92. The molecule has 0 bridgehead atoms. The third-order valence-electron chi connectivity index (χ3n) is 5.35. The SMILES string of the molecule is COc1ccc(-c2cc(C(=O)NC(C)c3ccccc3)n(-c3ccc(F)cc3)n2)c(OC)c1. The Morgan fingerprint density at radius 3 is 2.36 bits per heavy atom. The molecule has 4 aromatic rings. The molecule has 3 aromatic carbocycles. The molecule has 0 saturated heterocycles. The van der Waals surface area contributed by atoms with E-state index in [0.29, 0.717) is 34.1 Å². The monoisotopic (exact) mass is 445 g/mol. The van der Waals surface area contributed by atoms with Crippen molar-refractivity contribution in [3.05, 3.63) is 95.9 Å². The molecule has 4 rings (SSSR count). The zero-order chi connectivity index (χ0) is 23.4. The molecule has 1 N–H and O–H groups in total. The highest BCUT2D eigenvalue weighted by Crippen LogP contribution is 2.33. The lowest BCUT2D eigenvalue weighted by molar-refractivity contribution is 0.0932. The summed E-state index contributed by atoms with van der Waals surface area (Å²) >= 11 is 0. The fraction of sp³-hybridized carbons (Fsp3) is 0.154. The van der Waals surface area contributed by atoms with E-state index >= 15 is 0 Å². The Bertz CT molecular complexity index is 1250. The molecule has 33 heavy (non-hydrogen) atoms. The maximum Gasteiger partial charge on any atom is 0.270 e. The van der Waals surface area contributed by atoms with Gasteiger partial charge in [-0.3, -0.25) is 4.79 Å². The normalized spacial score (nSPS) is 11.6. The van der Waals surface area contributed by atoms with Crippen LogP contribution in [0, 0.1) is 5.82 Å². The third-order valence-corrected chi connectivity index (χ3v) is 5.35. The summed E-state index contributed by atoms with van der Waals surface area (Å²) < 4.78 is 25.8. The van der Waals surface area contributed by atoms with Crippen molar-refractivity contribution in [1.29, 1.82) is 0 Å². The van der Waals surface area contributed by atoms with Gasteiger partial charge >= 0.3 is 0 Å². The van der Waals surface area contributed by atoms with Crippen LogP contribution in [0.15, 0.2) is 78.9 Å². The summed E-state index contributed by atoms with van der Waals surface area (Å²) in [6, 6.07) is 22.4. The summed E-state index contributed by atoms with van der Waals surface area (Å²) in [4.78, 5) is 13.3. The molecule has 0 radical (unpaired) electrons. The number of hydrogen-bond acceptors (Lipinski definition) is 4. The number of carbonyl (C=O) groups excluding carboxylic acids is 1. The standard InChI is InChI=1S/C26H24FN3O3/c1-17(18-7-5-4-6-8-18)28-26(31)24-16-23(22-14-13-21(32-2)15-25(22)33-3)29-30(24)20-11-9-19(27)10-12-20/h4-17H,1-3H3,(H,28,31). The second-order valence-electron chi connectivity index (χ2n) is 7.48. The smallest absolute Gasteiger partial charge is 0.270 e. The zero-order valence-electron chi connectivity index (χ0n) is 18.6. The number of carbonyl (C=O) groups is 1. The van der Waals surface area contributed by atoms with E-state index in [4.69, 9.17) is 9.47 Å². The summed E-state index contributed by atoms with van der Waals surface area (Å²) in [5, 5.41) is 7.68. The van der Waals surface area contributed by atoms with Crippen LogP contribution in [-0.4, -0.2) is 29.9 Å². The fourth-order valence-corrected chi connectivity index (χ4v) is 3.56. The summed E-state index contributed by atoms with van der Waals surface area (Å²) in [5.41, 5.74) is 3.10. The maximum atomic E-state index is 13.5. The van der Waals surface area contributed by atoms with Gasteiger partial charge in [0, 0.05) is 11.6 Å². The molecule has 0 saturated carbocycles. The van der Waals surface area contributed by atoms with E-state index in [0.717, 1.165) is 5.56 Å². The van der Waals surface area contributed by atoms with Gasteiger partial charge in [0.05, 0.1) is 31.6 Å². The number of aromatic nitrogens is 2. The first-order chi connectivity index (χ1) is 16.0. The molecule has 1 unspecified atom stereocenters. The second-order valence-corrected chi connectivity index (χ2v) is 7.48. The van der Waals surface area contributed by atoms with Crippen molar-refractivity contribution in [3.63, 3.8) is 0 Å². The Morgan fingerprint density at radius 1 is 0.970 bits per heavy atom. The zero-order valence-corrected chi connectivity index (χ0v) is 18.6. The predicted molar refractivity (Wildman–Crippen MR) is 124 cm³/mol. The predicted octanol–water partition coefficient (Wildman–Crippen LogP) is 5.19. The number of methoxy groups -OCH3 is 2.